The van der Waals surface area contributed by atoms with Crippen LogP contribution >= 0.6 is 0 Å². The molecule has 4 amide bonds. The van der Waals surface area contributed by atoms with Gasteiger partial charge in [0.15, 0.2) is 6.61 Å². The standard InChI is InChI=1S/C19H12FN3O4/c20-13-5-3-6-14(11-13)23-18(25)15(17(24)22-19(23)26)10-12-4-1-2-7-16(12)27-9-8-21/h1-7,10-11H,9H2,(H,22,24,26)/b15-10+. The molecule has 0 atom stereocenters. The average molecular weight is 365 g/mol. The Morgan fingerprint density at radius 2 is 1.93 bits per heavy atom. The summed E-state index contributed by atoms with van der Waals surface area (Å²) in [7, 11) is 0. The number of carbonyl (C=O) groups excluding carboxylic acids is 3. The van der Waals surface area contributed by atoms with Crippen LogP contribution in [0.25, 0.3) is 6.08 Å². The molecular formula is C19H12FN3O4. The van der Waals surface area contributed by atoms with Gasteiger partial charge in [-0.2, -0.15) is 5.26 Å². The smallest absolute Gasteiger partial charge is 0.335 e. The summed E-state index contributed by atoms with van der Waals surface area (Å²) in [5.74, 6) is -2.12. The number of anilines is 1. The van der Waals surface area contributed by atoms with Gasteiger partial charge in [-0.15, -0.1) is 0 Å². The van der Waals surface area contributed by atoms with E-state index in [1.54, 1.807) is 24.3 Å². The first-order valence-corrected chi connectivity index (χ1v) is 7.77. The van der Waals surface area contributed by atoms with Crippen molar-refractivity contribution in [1.82, 2.24) is 5.32 Å². The van der Waals surface area contributed by atoms with Crippen LogP contribution in [0.5, 0.6) is 5.75 Å². The lowest BCUT2D eigenvalue weighted by Crippen LogP contribution is -2.54. The van der Waals surface area contributed by atoms with Crippen LogP contribution in [0.3, 0.4) is 0 Å². The average Bonchev–Trinajstić information content (AvgIpc) is 2.64. The summed E-state index contributed by atoms with van der Waals surface area (Å²) in [4.78, 5) is 37.7. The molecule has 8 heteroatoms. The number of urea groups is 1. The number of halogens is 1. The van der Waals surface area contributed by atoms with Crippen LogP contribution in [0.2, 0.25) is 0 Å². The number of rotatable bonds is 4. The number of nitrogens with zero attached hydrogens (tertiary/aromatic N) is 2. The molecule has 0 saturated carbocycles. The molecule has 0 aromatic heterocycles. The Labute approximate surface area is 153 Å². The fourth-order valence-electron chi connectivity index (χ4n) is 2.50. The highest BCUT2D eigenvalue weighted by Crippen LogP contribution is 2.25. The Balaban J connectivity index is 2.02. The van der Waals surface area contributed by atoms with Crippen LogP contribution < -0.4 is 15.0 Å². The van der Waals surface area contributed by atoms with Gasteiger partial charge < -0.3 is 4.74 Å². The molecule has 0 bridgehead atoms. The van der Waals surface area contributed by atoms with E-state index in [0.29, 0.717) is 16.2 Å². The van der Waals surface area contributed by atoms with E-state index in [1.165, 1.54) is 24.3 Å². The van der Waals surface area contributed by atoms with E-state index in [2.05, 4.69) is 5.32 Å². The number of imide groups is 2. The number of benzene rings is 2. The van der Waals surface area contributed by atoms with Gasteiger partial charge in [-0.1, -0.05) is 24.3 Å². The van der Waals surface area contributed by atoms with Gasteiger partial charge in [0.25, 0.3) is 11.8 Å². The predicted octanol–water partition coefficient (Wildman–Crippen LogP) is 2.39. The Bertz CT molecular complexity index is 1010. The third kappa shape index (κ3) is 3.67. The molecule has 1 fully saturated rings. The van der Waals surface area contributed by atoms with Crippen molar-refractivity contribution < 1.29 is 23.5 Å². The monoisotopic (exact) mass is 365 g/mol. The van der Waals surface area contributed by atoms with Crippen molar-refractivity contribution in [3.63, 3.8) is 0 Å². The zero-order chi connectivity index (χ0) is 19.4. The van der Waals surface area contributed by atoms with Gasteiger partial charge in [0.05, 0.1) is 5.69 Å². The Morgan fingerprint density at radius 1 is 1.15 bits per heavy atom. The SMILES string of the molecule is N#CCOc1ccccc1/C=C1\C(=O)NC(=O)N(c2cccc(F)c2)C1=O. The third-order valence-electron chi connectivity index (χ3n) is 3.68. The van der Waals surface area contributed by atoms with Gasteiger partial charge in [-0.3, -0.25) is 14.9 Å². The van der Waals surface area contributed by atoms with Crippen LogP contribution in [-0.2, 0) is 9.59 Å². The van der Waals surface area contributed by atoms with Crippen molar-refractivity contribution in [3.8, 4) is 11.8 Å². The normalized spacial score (nSPS) is 15.5. The Kier molecular flexibility index (Phi) is 4.95. The van der Waals surface area contributed by atoms with Gasteiger partial charge in [0, 0.05) is 5.56 Å². The summed E-state index contributed by atoms with van der Waals surface area (Å²) in [6.07, 6.45) is 1.25. The van der Waals surface area contributed by atoms with E-state index < -0.39 is 23.7 Å². The lowest BCUT2D eigenvalue weighted by molar-refractivity contribution is -0.122. The zero-order valence-corrected chi connectivity index (χ0v) is 13.8. The number of hydrogen-bond acceptors (Lipinski definition) is 5. The van der Waals surface area contributed by atoms with E-state index in [-0.39, 0.29) is 17.9 Å². The first-order chi connectivity index (χ1) is 13.0. The molecule has 2 aromatic rings. The number of barbiturate groups is 1. The van der Waals surface area contributed by atoms with Gasteiger partial charge >= 0.3 is 6.03 Å². The molecule has 134 valence electrons. The number of carbonyl (C=O) groups is 3. The summed E-state index contributed by atoms with van der Waals surface area (Å²) >= 11 is 0. The maximum atomic E-state index is 13.5. The molecule has 27 heavy (non-hydrogen) atoms. The largest absolute Gasteiger partial charge is 0.478 e. The maximum Gasteiger partial charge on any atom is 0.335 e. The molecule has 0 unspecified atom stereocenters. The van der Waals surface area contributed by atoms with Crippen LogP contribution in [0, 0.1) is 17.1 Å². The van der Waals surface area contributed by atoms with Crippen molar-refractivity contribution in [2.75, 3.05) is 11.5 Å². The lowest BCUT2D eigenvalue weighted by Gasteiger charge is -2.26. The van der Waals surface area contributed by atoms with Crippen LogP contribution in [0.15, 0.2) is 54.1 Å². The van der Waals surface area contributed by atoms with Crippen molar-refractivity contribution in [3.05, 3.63) is 65.5 Å². The number of hydrogen-bond donors (Lipinski definition) is 1. The molecule has 1 N–H and O–H groups in total. The minimum atomic E-state index is -0.971. The lowest BCUT2D eigenvalue weighted by atomic mass is 10.1. The topological polar surface area (TPSA) is 99.5 Å². The van der Waals surface area contributed by atoms with Crippen molar-refractivity contribution in [2.45, 2.75) is 0 Å². The van der Waals surface area contributed by atoms with Gasteiger partial charge in [-0.05, 0) is 30.3 Å². The van der Waals surface area contributed by atoms with E-state index >= 15 is 0 Å². The molecule has 1 saturated heterocycles. The maximum absolute atomic E-state index is 13.5. The van der Waals surface area contributed by atoms with Gasteiger partial charge in [0.1, 0.15) is 23.2 Å². The molecular weight excluding hydrogens is 353 g/mol. The summed E-state index contributed by atoms with van der Waals surface area (Å²) in [5.41, 5.74) is 0.0385. The highest BCUT2D eigenvalue weighted by atomic mass is 19.1. The molecule has 0 spiro atoms. The summed E-state index contributed by atoms with van der Waals surface area (Å²) < 4.78 is 18.7. The molecule has 1 aliphatic heterocycles. The second kappa shape index (κ2) is 7.49. The molecule has 1 heterocycles. The highest BCUT2D eigenvalue weighted by molar-refractivity contribution is 6.39. The van der Waals surface area contributed by atoms with E-state index in [0.717, 1.165) is 6.07 Å². The summed E-state index contributed by atoms with van der Waals surface area (Å²) in [5, 5.41) is 10.7. The van der Waals surface area contributed by atoms with E-state index in [9.17, 15) is 18.8 Å². The quantitative estimate of drug-likeness (QED) is 0.662. The van der Waals surface area contributed by atoms with E-state index in [4.69, 9.17) is 10.00 Å². The first-order valence-electron chi connectivity index (χ1n) is 7.77. The van der Waals surface area contributed by atoms with Gasteiger partial charge in [0.2, 0.25) is 0 Å². The molecule has 1 aliphatic rings. The second-order valence-corrected chi connectivity index (χ2v) is 5.42. The number of nitriles is 1. The number of nitrogens with one attached hydrogen (secondary N) is 1. The molecule has 0 radical (unpaired) electrons. The van der Waals surface area contributed by atoms with Gasteiger partial charge in [-0.25, -0.2) is 14.1 Å². The van der Waals surface area contributed by atoms with E-state index in [1.807, 2.05) is 6.07 Å². The summed E-state index contributed by atoms with van der Waals surface area (Å²) in [6, 6.07) is 12.2. The summed E-state index contributed by atoms with van der Waals surface area (Å²) in [6.45, 7) is -0.214. The molecule has 7 nitrogen and oxygen atoms in total. The highest BCUT2D eigenvalue weighted by Gasteiger charge is 2.37. The number of amides is 4. The molecule has 0 aliphatic carbocycles. The van der Waals surface area contributed by atoms with Crippen molar-refractivity contribution in [2.24, 2.45) is 0 Å². The Morgan fingerprint density at radius 3 is 2.67 bits per heavy atom. The van der Waals surface area contributed by atoms with Crippen LogP contribution in [0.4, 0.5) is 14.9 Å². The first kappa shape index (κ1) is 17.8. The zero-order valence-electron chi connectivity index (χ0n) is 13.8. The fourth-order valence-corrected chi connectivity index (χ4v) is 2.50. The van der Waals surface area contributed by atoms with Crippen LogP contribution in [0.1, 0.15) is 5.56 Å². The number of ether oxygens (including phenoxy) is 1. The number of para-hydroxylation sites is 1. The van der Waals surface area contributed by atoms with Crippen molar-refractivity contribution in [1.29, 1.82) is 5.26 Å². The minimum Gasteiger partial charge on any atom is -0.478 e. The third-order valence-corrected chi connectivity index (χ3v) is 3.68. The predicted molar refractivity (Wildman–Crippen MR) is 93.0 cm³/mol. The second-order valence-electron chi connectivity index (χ2n) is 5.42. The molecule has 2 aromatic carbocycles. The Hall–Kier alpha value is -3.99. The van der Waals surface area contributed by atoms with Crippen LogP contribution in [-0.4, -0.2) is 24.5 Å². The van der Waals surface area contributed by atoms with Crippen molar-refractivity contribution >= 4 is 29.6 Å². The molecule has 3 rings (SSSR count). The fraction of sp³-hybridized carbons (Fsp3) is 0.0526. The minimum absolute atomic E-state index is 0.00934.